The SMILES string of the molecule is O=C(c1cnccn1)N1CCO[C@@H](c2nc(-c3ccccc3)no2)C1. The fourth-order valence-corrected chi connectivity index (χ4v) is 2.63. The summed E-state index contributed by atoms with van der Waals surface area (Å²) in [5, 5.41) is 4.00. The van der Waals surface area contributed by atoms with Gasteiger partial charge in [-0.25, -0.2) is 4.98 Å². The first-order valence-electron chi connectivity index (χ1n) is 7.87. The zero-order chi connectivity index (χ0) is 17.1. The zero-order valence-corrected chi connectivity index (χ0v) is 13.3. The van der Waals surface area contributed by atoms with Crippen molar-refractivity contribution in [2.24, 2.45) is 0 Å². The van der Waals surface area contributed by atoms with Gasteiger partial charge in [0.15, 0.2) is 6.10 Å². The van der Waals surface area contributed by atoms with E-state index in [9.17, 15) is 4.79 Å². The Kier molecular flexibility index (Phi) is 4.17. The highest BCUT2D eigenvalue weighted by Crippen LogP contribution is 2.24. The molecule has 0 spiro atoms. The van der Waals surface area contributed by atoms with Crippen molar-refractivity contribution in [2.45, 2.75) is 6.10 Å². The average molecular weight is 337 g/mol. The second kappa shape index (κ2) is 6.78. The Morgan fingerprint density at radius 3 is 2.88 bits per heavy atom. The summed E-state index contributed by atoms with van der Waals surface area (Å²) in [5.41, 5.74) is 1.17. The lowest BCUT2D eigenvalue weighted by Crippen LogP contribution is -2.42. The third kappa shape index (κ3) is 3.24. The summed E-state index contributed by atoms with van der Waals surface area (Å²) in [6.07, 6.45) is 4.02. The van der Waals surface area contributed by atoms with Crippen LogP contribution in [0.15, 0.2) is 53.4 Å². The van der Waals surface area contributed by atoms with Crippen molar-refractivity contribution in [1.29, 1.82) is 0 Å². The molecule has 1 aliphatic rings. The van der Waals surface area contributed by atoms with Crippen molar-refractivity contribution < 1.29 is 14.1 Å². The van der Waals surface area contributed by atoms with Crippen LogP contribution in [0.3, 0.4) is 0 Å². The molecule has 1 aromatic carbocycles. The standard InChI is InChI=1S/C17H15N5O3/c23-17(13-10-18-6-7-19-13)22-8-9-24-14(11-22)16-20-15(21-25-16)12-4-2-1-3-5-12/h1-7,10,14H,8-9,11H2/t14-/m1/s1. The van der Waals surface area contributed by atoms with Crippen LogP contribution in [0.2, 0.25) is 0 Å². The minimum atomic E-state index is -0.459. The maximum Gasteiger partial charge on any atom is 0.274 e. The molecule has 0 bridgehead atoms. The van der Waals surface area contributed by atoms with Gasteiger partial charge in [0.1, 0.15) is 5.69 Å². The van der Waals surface area contributed by atoms with Crippen LogP contribution in [0.5, 0.6) is 0 Å². The Labute approximate surface area is 143 Å². The first-order valence-corrected chi connectivity index (χ1v) is 7.87. The number of ether oxygens (including phenoxy) is 1. The topological polar surface area (TPSA) is 94.2 Å². The molecular weight excluding hydrogens is 322 g/mol. The van der Waals surface area contributed by atoms with Gasteiger partial charge in [0, 0.05) is 24.5 Å². The Hall–Kier alpha value is -3.13. The van der Waals surface area contributed by atoms with Crippen molar-refractivity contribution >= 4 is 5.91 Å². The minimum absolute atomic E-state index is 0.191. The summed E-state index contributed by atoms with van der Waals surface area (Å²) < 4.78 is 11.0. The third-order valence-corrected chi connectivity index (χ3v) is 3.89. The van der Waals surface area contributed by atoms with Crippen LogP contribution >= 0.6 is 0 Å². The molecule has 1 fully saturated rings. The van der Waals surface area contributed by atoms with Crippen LogP contribution in [0.1, 0.15) is 22.5 Å². The molecule has 0 unspecified atom stereocenters. The molecule has 1 saturated heterocycles. The van der Waals surface area contributed by atoms with Gasteiger partial charge in [0.2, 0.25) is 5.82 Å². The highest BCUT2D eigenvalue weighted by Gasteiger charge is 2.30. The molecule has 1 amide bonds. The van der Waals surface area contributed by atoms with Gasteiger partial charge in [-0.15, -0.1) is 0 Å². The second-order valence-electron chi connectivity index (χ2n) is 5.52. The number of rotatable bonds is 3. The van der Waals surface area contributed by atoms with E-state index in [1.54, 1.807) is 4.90 Å². The Morgan fingerprint density at radius 2 is 2.08 bits per heavy atom. The smallest absolute Gasteiger partial charge is 0.274 e. The number of amides is 1. The minimum Gasteiger partial charge on any atom is -0.365 e. The van der Waals surface area contributed by atoms with Crippen LogP contribution in [0.4, 0.5) is 0 Å². The van der Waals surface area contributed by atoms with Crippen molar-refractivity contribution in [2.75, 3.05) is 19.7 Å². The molecule has 4 rings (SSSR count). The van der Waals surface area contributed by atoms with Crippen LogP contribution < -0.4 is 0 Å². The number of morpholine rings is 1. The van der Waals surface area contributed by atoms with Gasteiger partial charge >= 0.3 is 0 Å². The van der Waals surface area contributed by atoms with E-state index >= 15 is 0 Å². The number of nitrogens with zero attached hydrogens (tertiary/aromatic N) is 5. The van der Waals surface area contributed by atoms with E-state index in [-0.39, 0.29) is 5.91 Å². The van der Waals surface area contributed by atoms with E-state index in [4.69, 9.17) is 9.26 Å². The molecule has 0 aliphatic carbocycles. The number of carbonyl (C=O) groups excluding carboxylic acids is 1. The zero-order valence-electron chi connectivity index (χ0n) is 13.3. The molecule has 0 saturated carbocycles. The van der Waals surface area contributed by atoms with Crippen LogP contribution in [0, 0.1) is 0 Å². The van der Waals surface area contributed by atoms with Crippen LogP contribution in [-0.4, -0.2) is 50.6 Å². The summed E-state index contributed by atoms with van der Waals surface area (Å²) >= 11 is 0. The lowest BCUT2D eigenvalue weighted by Gasteiger charge is -2.30. The molecule has 2 aromatic heterocycles. The molecule has 0 N–H and O–H groups in total. The maximum atomic E-state index is 12.5. The van der Waals surface area contributed by atoms with Gasteiger partial charge < -0.3 is 14.2 Å². The normalized spacial score (nSPS) is 17.4. The predicted molar refractivity (Wildman–Crippen MR) is 86.4 cm³/mol. The molecule has 25 heavy (non-hydrogen) atoms. The fraction of sp³-hybridized carbons (Fsp3) is 0.235. The lowest BCUT2D eigenvalue weighted by atomic mass is 10.2. The second-order valence-corrected chi connectivity index (χ2v) is 5.52. The quantitative estimate of drug-likeness (QED) is 0.718. The van der Waals surface area contributed by atoms with Crippen molar-refractivity contribution in [1.82, 2.24) is 25.0 Å². The molecule has 0 radical (unpaired) electrons. The van der Waals surface area contributed by atoms with Gasteiger partial charge in [-0.2, -0.15) is 4.98 Å². The van der Waals surface area contributed by atoms with Gasteiger partial charge in [-0.3, -0.25) is 9.78 Å². The average Bonchev–Trinajstić information content (AvgIpc) is 3.19. The number of hydrogen-bond donors (Lipinski definition) is 0. The molecule has 3 aromatic rings. The molecular formula is C17H15N5O3. The highest BCUT2D eigenvalue weighted by atomic mass is 16.5. The third-order valence-electron chi connectivity index (χ3n) is 3.89. The molecule has 8 heteroatoms. The van der Waals surface area contributed by atoms with E-state index in [0.29, 0.717) is 37.1 Å². The van der Waals surface area contributed by atoms with Gasteiger partial charge in [-0.1, -0.05) is 35.5 Å². The monoisotopic (exact) mass is 337 g/mol. The van der Waals surface area contributed by atoms with Gasteiger partial charge in [0.25, 0.3) is 11.8 Å². The summed E-state index contributed by atoms with van der Waals surface area (Å²) in [6, 6.07) is 9.54. The number of hydrogen-bond acceptors (Lipinski definition) is 7. The van der Waals surface area contributed by atoms with E-state index in [2.05, 4.69) is 20.1 Å². The Balaban J connectivity index is 1.50. The summed E-state index contributed by atoms with van der Waals surface area (Å²) in [6.45, 7) is 1.19. The number of benzene rings is 1. The molecule has 1 aliphatic heterocycles. The Morgan fingerprint density at radius 1 is 1.20 bits per heavy atom. The first kappa shape index (κ1) is 15.4. The lowest BCUT2D eigenvalue weighted by molar-refractivity contribution is -0.0369. The van der Waals surface area contributed by atoms with Crippen LogP contribution in [0.25, 0.3) is 11.4 Å². The van der Waals surface area contributed by atoms with Crippen molar-refractivity contribution in [3.63, 3.8) is 0 Å². The molecule has 3 heterocycles. The maximum absolute atomic E-state index is 12.5. The number of aromatic nitrogens is 4. The van der Waals surface area contributed by atoms with Gasteiger partial charge in [0.05, 0.1) is 19.3 Å². The van der Waals surface area contributed by atoms with E-state index < -0.39 is 6.10 Å². The molecule has 8 nitrogen and oxygen atoms in total. The highest BCUT2D eigenvalue weighted by molar-refractivity contribution is 5.92. The molecule has 126 valence electrons. The largest absolute Gasteiger partial charge is 0.365 e. The summed E-state index contributed by atoms with van der Waals surface area (Å²) in [4.78, 5) is 26.5. The summed E-state index contributed by atoms with van der Waals surface area (Å²) in [5.74, 6) is 0.663. The van der Waals surface area contributed by atoms with Crippen molar-refractivity contribution in [3.8, 4) is 11.4 Å². The number of carbonyl (C=O) groups is 1. The molecule has 1 atom stereocenters. The van der Waals surface area contributed by atoms with E-state index in [1.807, 2.05) is 30.3 Å². The van der Waals surface area contributed by atoms with Crippen molar-refractivity contribution in [3.05, 3.63) is 60.5 Å². The Bertz CT molecular complexity index is 853. The van der Waals surface area contributed by atoms with Crippen LogP contribution in [-0.2, 0) is 4.74 Å². The van der Waals surface area contributed by atoms with E-state index in [1.165, 1.54) is 18.6 Å². The summed E-state index contributed by atoms with van der Waals surface area (Å²) in [7, 11) is 0. The first-order chi connectivity index (χ1) is 12.3. The van der Waals surface area contributed by atoms with Gasteiger partial charge in [-0.05, 0) is 0 Å². The predicted octanol–water partition coefficient (Wildman–Crippen LogP) is 1.74. The van der Waals surface area contributed by atoms with E-state index in [0.717, 1.165) is 5.56 Å². The fourth-order valence-electron chi connectivity index (χ4n) is 2.63.